The van der Waals surface area contributed by atoms with E-state index in [2.05, 4.69) is 0 Å². The van der Waals surface area contributed by atoms with E-state index in [9.17, 15) is 14.7 Å². The summed E-state index contributed by atoms with van der Waals surface area (Å²) in [7, 11) is 0. The highest BCUT2D eigenvalue weighted by Gasteiger charge is 2.37. The van der Waals surface area contributed by atoms with Gasteiger partial charge in [-0.3, -0.25) is 0 Å². The average molecular weight is 308 g/mol. The minimum atomic E-state index is -0.934. The normalized spacial score (nSPS) is 18.0. The fourth-order valence-corrected chi connectivity index (χ4v) is 3.39. The number of carboxylic acids is 1. The first-order valence-corrected chi connectivity index (χ1v) is 8.08. The minimum absolute atomic E-state index is 0.0118. The summed E-state index contributed by atoms with van der Waals surface area (Å²) in [4.78, 5) is 27.1. The van der Waals surface area contributed by atoms with Crippen molar-refractivity contribution in [2.45, 2.75) is 32.5 Å². The highest BCUT2D eigenvalue weighted by molar-refractivity contribution is 7.99. The number of rotatable bonds is 4. The number of carbonyl (C=O) groups is 2. The molecule has 1 N–H and O–H groups in total. The minimum Gasteiger partial charge on any atom is -0.480 e. The van der Waals surface area contributed by atoms with Gasteiger partial charge in [0.15, 0.2) is 0 Å². The molecule has 2 amide bonds. The zero-order valence-electron chi connectivity index (χ0n) is 12.2. The lowest BCUT2D eigenvalue weighted by atomic mass is 10.2. The molecule has 21 heavy (non-hydrogen) atoms. The van der Waals surface area contributed by atoms with Crippen LogP contribution in [0.2, 0.25) is 0 Å². The first kappa shape index (κ1) is 15.7. The molecule has 1 unspecified atom stereocenters. The fraction of sp³-hybridized carbons (Fsp3) is 0.467. The number of benzene rings is 1. The molecule has 1 saturated heterocycles. The Hall–Kier alpha value is -1.69. The molecular formula is C15H20N2O3S. The van der Waals surface area contributed by atoms with Crippen molar-refractivity contribution in [3.05, 3.63) is 35.9 Å². The summed E-state index contributed by atoms with van der Waals surface area (Å²) in [5.74, 6) is -0.0386. The van der Waals surface area contributed by atoms with Crippen LogP contribution >= 0.6 is 11.8 Å². The van der Waals surface area contributed by atoms with Gasteiger partial charge in [-0.2, -0.15) is 0 Å². The molecule has 0 aliphatic carbocycles. The number of amides is 2. The summed E-state index contributed by atoms with van der Waals surface area (Å²) in [6, 6.07) is 8.83. The van der Waals surface area contributed by atoms with Crippen LogP contribution in [0.5, 0.6) is 0 Å². The summed E-state index contributed by atoms with van der Waals surface area (Å²) in [6.07, 6.45) is 0. The van der Waals surface area contributed by atoms with E-state index in [4.69, 9.17) is 0 Å². The second-order valence-electron chi connectivity index (χ2n) is 5.31. The highest BCUT2D eigenvalue weighted by atomic mass is 32.2. The third-order valence-corrected chi connectivity index (χ3v) is 4.49. The van der Waals surface area contributed by atoms with E-state index in [0.717, 1.165) is 5.56 Å². The Bertz CT molecular complexity index is 507. The molecule has 1 atom stereocenters. The van der Waals surface area contributed by atoms with Gasteiger partial charge in [-0.1, -0.05) is 30.3 Å². The summed E-state index contributed by atoms with van der Waals surface area (Å²) >= 11 is 1.48. The lowest BCUT2D eigenvalue weighted by Gasteiger charge is -2.32. The molecule has 0 saturated carbocycles. The summed E-state index contributed by atoms with van der Waals surface area (Å²) < 4.78 is 0. The largest absolute Gasteiger partial charge is 0.480 e. The average Bonchev–Trinajstić information content (AvgIpc) is 2.94. The van der Waals surface area contributed by atoms with Gasteiger partial charge < -0.3 is 14.9 Å². The summed E-state index contributed by atoms with van der Waals surface area (Å²) in [5, 5.41) is 9.22. The maximum absolute atomic E-state index is 12.7. The van der Waals surface area contributed by atoms with Crippen molar-refractivity contribution in [3.8, 4) is 0 Å². The molecule has 1 fully saturated rings. The van der Waals surface area contributed by atoms with Crippen LogP contribution in [-0.4, -0.2) is 50.6 Å². The van der Waals surface area contributed by atoms with Crippen LogP contribution in [0.4, 0.5) is 4.79 Å². The van der Waals surface area contributed by atoms with Crippen LogP contribution in [0, 0.1) is 0 Å². The third-order valence-electron chi connectivity index (χ3n) is 3.48. The van der Waals surface area contributed by atoms with Crippen molar-refractivity contribution in [3.63, 3.8) is 0 Å². The highest BCUT2D eigenvalue weighted by Crippen LogP contribution is 2.24. The van der Waals surface area contributed by atoms with Crippen LogP contribution in [0.15, 0.2) is 30.3 Å². The molecule has 0 radical (unpaired) electrons. The number of thioether (sulfide) groups is 1. The monoisotopic (exact) mass is 308 g/mol. The molecule has 0 aromatic heterocycles. The van der Waals surface area contributed by atoms with E-state index in [1.54, 1.807) is 4.90 Å². The molecule has 0 spiro atoms. The Morgan fingerprint density at radius 3 is 2.62 bits per heavy atom. The Morgan fingerprint density at radius 2 is 2.05 bits per heavy atom. The standard InChI is InChI=1S/C15H20N2O3S/c1-11(2)16(8-12-6-4-3-5-7-12)15(20)17-10-21-9-13(17)14(18)19/h3-7,11,13H,8-10H2,1-2H3,(H,18,19). The number of nitrogens with zero attached hydrogens (tertiary/aromatic N) is 2. The summed E-state index contributed by atoms with van der Waals surface area (Å²) in [5.41, 5.74) is 1.04. The molecule has 1 aliphatic rings. The topological polar surface area (TPSA) is 60.9 Å². The van der Waals surface area contributed by atoms with E-state index in [-0.39, 0.29) is 12.1 Å². The number of carbonyl (C=O) groups excluding carboxylic acids is 1. The molecule has 6 heteroatoms. The maximum atomic E-state index is 12.7. The van der Waals surface area contributed by atoms with Crippen LogP contribution < -0.4 is 0 Å². The van der Waals surface area contributed by atoms with Gasteiger partial charge in [-0.05, 0) is 19.4 Å². The van der Waals surface area contributed by atoms with Gasteiger partial charge in [0, 0.05) is 18.3 Å². The lowest BCUT2D eigenvalue weighted by Crippen LogP contribution is -2.50. The number of hydrogen-bond acceptors (Lipinski definition) is 3. The first-order chi connectivity index (χ1) is 10.0. The van der Waals surface area contributed by atoms with Crippen molar-refractivity contribution in [2.24, 2.45) is 0 Å². The van der Waals surface area contributed by atoms with E-state index in [0.29, 0.717) is 18.2 Å². The SMILES string of the molecule is CC(C)N(Cc1ccccc1)C(=O)N1CSCC1C(=O)O. The van der Waals surface area contributed by atoms with Gasteiger partial charge >= 0.3 is 12.0 Å². The van der Waals surface area contributed by atoms with E-state index < -0.39 is 12.0 Å². The molecular weight excluding hydrogens is 288 g/mol. The maximum Gasteiger partial charge on any atom is 0.327 e. The smallest absolute Gasteiger partial charge is 0.327 e. The van der Waals surface area contributed by atoms with Crippen molar-refractivity contribution in [2.75, 3.05) is 11.6 Å². The molecule has 1 aromatic rings. The Morgan fingerprint density at radius 1 is 1.38 bits per heavy atom. The number of hydrogen-bond donors (Lipinski definition) is 1. The van der Waals surface area contributed by atoms with Gasteiger partial charge in [-0.25, -0.2) is 9.59 Å². The number of urea groups is 1. The quantitative estimate of drug-likeness (QED) is 0.928. The van der Waals surface area contributed by atoms with Crippen LogP contribution in [-0.2, 0) is 11.3 Å². The molecule has 114 valence electrons. The summed E-state index contributed by atoms with van der Waals surface area (Å²) in [6.45, 7) is 4.38. The number of aliphatic carboxylic acids is 1. The molecule has 1 aromatic carbocycles. The zero-order valence-corrected chi connectivity index (χ0v) is 13.0. The van der Waals surface area contributed by atoms with Crippen LogP contribution in [0.3, 0.4) is 0 Å². The first-order valence-electron chi connectivity index (χ1n) is 6.92. The van der Waals surface area contributed by atoms with Gasteiger partial charge in [0.2, 0.25) is 0 Å². The predicted molar refractivity (Wildman–Crippen MR) is 83.1 cm³/mol. The van der Waals surface area contributed by atoms with Crippen LogP contribution in [0.1, 0.15) is 19.4 Å². The van der Waals surface area contributed by atoms with E-state index in [1.807, 2.05) is 44.2 Å². The van der Waals surface area contributed by atoms with Gasteiger partial charge in [0.1, 0.15) is 6.04 Å². The lowest BCUT2D eigenvalue weighted by molar-refractivity contribution is -0.141. The second-order valence-corrected chi connectivity index (χ2v) is 6.31. The molecule has 0 bridgehead atoms. The Balaban J connectivity index is 2.14. The predicted octanol–water partition coefficient (Wildman–Crippen LogP) is 2.48. The van der Waals surface area contributed by atoms with Gasteiger partial charge in [0.05, 0.1) is 5.88 Å². The van der Waals surface area contributed by atoms with Crippen molar-refractivity contribution in [1.82, 2.24) is 9.80 Å². The molecule has 1 heterocycles. The molecule has 5 nitrogen and oxygen atoms in total. The van der Waals surface area contributed by atoms with E-state index in [1.165, 1.54) is 16.7 Å². The molecule has 2 rings (SSSR count). The van der Waals surface area contributed by atoms with Gasteiger partial charge in [0.25, 0.3) is 0 Å². The van der Waals surface area contributed by atoms with Crippen LogP contribution in [0.25, 0.3) is 0 Å². The Labute approximate surface area is 128 Å². The van der Waals surface area contributed by atoms with Crippen molar-refractivity contribution in [1.29, 1.82) is 0 Å². The molecule has 1 aliphatic heterocycles. The van der Waals surface area contributed by atoms with Crippen molar-refractivity contribution < 1.29 is 14.7 Å². The zero-order chi connectivity index (χ0) is 15.4. The Kier molecular flexibility index (Phi) is 5.12. The number of carboxylic acid groups (broad SMARTS) is 1. The van der Waals surface area contributed by atoms with Crippen molar-refractivity contribution >= 4 is 23.8 Å². The van der Waals surface area contributed by atoms with Gasteiger partial charge in [-0.15, -0.1) is 11.8 Å². The van der Waals surface area contributed by atoms with E-state index >= 15 is 0 Å². The third kappa shape index (κ3) is 3.69. The second kappa shape index (κ2) is 6.85. The fourth-order valence-electron chi connectivity index (χ4n) is 2.25.